The first-order chi connectivity index (χ1) is 10.6. The van der Waals surface area contributed by atoms with E-state index in [9.17, 15) is 4.79 Å². The second-order valence-corrected chi connectivity index (χ2v) is 5.22. The van der Waals surface area contributed by atoms with Crippen LogP contribution in [0.2, 0.25) is 5.02 Å². The smallest absolute Gasteiger partial charge is 0.267 e. The first kappa shape index (κ1) is 14.5. The van der Waals surface area contributed by atoms with E-state index in [0.29, 0.717) is 46.1 Å². The summed E-state index contributed by atoms with van der Waals surface area (Å²) in [6, 6.07) is 6.84. The number of nitrogen functional groups attached to an aromatic ring is 1. The van der Waals surface area contributed by atoms with Crippen LogP contribution < -0.4 is 17.0 Å². The van der Waals surface area contributed by atoms with E-state index >= 15 is 0 Å². The average molecular weight is 316 g/mol. The molecule has 6 nitrogen and oxygen atoms in total. The van der Waals surface area contributed by atoms with Crippen molar-refractivity contribution in [2.24, 2.45) is 5.73 Å². The van der Waals surface area contributed by atoms with Gasteiger partial charge in [-0.1, -0.05) is 17.7 Å². The summed E-state index contributed by atoms with van der Waals surface area (Å²) in [5.74, 6) is 0.551. The first-order valence-corrected chi connectivity index (χ1v) is 7.10. The van der Waals surface area contributed by atoms with Crippen LogP contribution in [0.3, 0.4) is 0 Å². The van der Waals surface area contributed by atoms with Gasteiger partial charge in [-0.25, -0.2) is 4.98 Å². The first-order valence-electron chi connectivity index (χ1n) is 6.73. The van der Waals surface area contributed by atoms with E-state index in [1.165, 1.54) is 10.8 Å². The number of fused-ring (bicyclic) bond motifs is 1. The molecule has 4 N–H and O–H groups in total. The van der Waals surface area contributed by atoms with Crippen LogP contribution in [0.4, 0.5) is 5.69 Å². The van der Waals surface area contributed by atoms with E-state index in [-0.39, 0.29) is 5.56 Å². The van der Waals surface area contributed by atoms with Gasteiger partial charge in [-0.15, -0.1) is 0 Å². The molecule has 0 aliphatic rings. The Morgan fingerprint density at radius 1 is 1.27 bits per heavy atom. The van der Waals surface area contributed by atoms with Crippen molar-refractivity contribution in [1.29, 1.82) is 0 Å². The molecular weight excluding hydrogens is 302 g/mol. The summed E-state index contributed by atoms with van der Waals surface area (Å²) >= 11 is 6.16. The highest BCUT2D eigenvalue weighted by molar-refractivity contribution is 6.35. The maximum atomic E-state index is 12.9. The van der Waals surface area contributed by atoms with Crippen LogP contribution >= 0.6 is 11.6 Å². The zero-order chi connectivity index (χ0) is 15.7. The maximum absolute atomic E-state index is 12.9. The van der Waals surface area contributed by atoms with E-state index < -0.39 is 0 Å². The quantitative estimate of drug-likeness (QED) is 0.763. The van der Waals surface area contributed by atoms with Crippen molar-refractivity contribution in [3.8, 4) is 5.69 Å². The van der Waals surface area contributed by atoms with E-state index in [0.717, 1.165) is 0 Å². The minimum absolute atomic E-state index is 0.258. The fraction of sp³-hybridized carbons (Fsp3) is 0.133. The van der Waals surface area contributed by atoms with Gasteiger partial charge < -0.3 is 11.5 Å². The van der Waals surface area contributed by atoms with E-state index in [1.54, 1.807) is 30.5 Å². The lowest BCUT2D eigenvalue weighted by Gasteiger charge is -2.13. The Hall–Kier alpha value is -2.44. The van der Waals surface area contributed by atoms with E-state index in [1.807, 2.05) is 0 Å². The highest BCUT2D eigenvalue weighted by Crippen LogP contribution is 2.20. The number of rotatable bonds is 3. The van der Waals surface area contributed by atoms with E-state index in [4.69, 9.17) is 23.1 Å². The molecule has 2 aromatic heterocycles. The van der Waals surface area contributed by atoms with Crippen molar-refractivity contribution in [3.63, 3.8) is 0 Å². The van der Waals surface area contributed by atoms with Gasteiger partial charge in [-0.05, 0) is 24.7 Å². The van der Waals surface area contributed by atoms with Gasteiger partial charge >= 0.3 is 0 Å². The Morgan fingerprint density at radius 3 is 2.82 bits per heavy atom. The Balaban J connectivity index is 2.41. The summed E-state index contributed by atoms with van der Waals surface area (Å²) in [6.07, 6.45) is 3.52. The molecule has 0 spiro atoms. The predicted octanol–water partition coefficient (Wildman–Crippen LogP) is 1.52. The minimum Gasteiger partial charge on any atom is -0.397 e. The molecule has 0 fully saturated rings. The molecule has 0 saturated carbocycles. The van der Waals surface area contributed by atoms with Gasteiger partial charge in [-0.3, -0.25) is 14.3 Å². The number of aromatic nitrogens is 3. The summed E-state index contributed by atoms with van der Waals surface area (Å²) < 4.78 is 1.46. The van der Waals surface area contributed by atoms with Crippen molar-refractivity contribution >= 4 is 28.2 Å². The molecule has 0 aliphatic heterocycles. The lowest BCUT2D eigenvalue weighted by molar-refractivity contribution is 0.794. The van der Waals surface area contributed by atoms with Crippen molar-refractivity contribution in [2.45, 2.75) is 6.42 Å². The number of pyridine rings is 1. The Labute approximate surface area is 131 Å². The predicted molar refractivity (Wildman–Crippen MR) is 87.3 cm³/mol. The molecule has 0 aliphatic carbocycles. The highest BCUT2D eigenvalue weighted by Gasteiger charge is 2.14. The van der Waals surface area contributed by atoms with Gasteiger partial charge in [0.25, 0.3) is 5.56 Å². The van der Waals surface area contributed by atoms with Crippen molar-refractivity contribution in [1.82, 2.24) is 14.5 Å². The molecule has 3 rings (SSSR count). The number of hydrogen-bond acceptors (Lipinski definition) is 5. The molecule has 0 bridgehead atoms. The van der Waals surface area contributed by atoms with Crippen molar-refractivity contribution in [3.05, 3.63) is 57.9 Å². The van der Waals surface area contributed by atoms with Gasteiger partial charge in [0.05, 0.1) is 33.5 Å². The van der Waals surface area contributed by atoms with Crippen LogP contribution in [-0.4, -0.2) is 21.1 Å². The normalized spacial score (nSPS) is 11.0. The van der Waals surface area contributed by atoms with Crippen LogP contribution in [0.15, 0.2) is 41.5 Å². The second kappa shape index (κ2) is 5.75. The monoisotopic (exact) mass is 315 g/mol. The lowest BCUT2D eigenvalue weighted by Crippen LogP contribution is -2.26. The zero-order valence-corrected chi connectivity index (χ0v) is 12.4. The summed E-state index contributed by atoms with van der Waals surface area (Å²) in [5.41, 5.74) is 12.7. The van der Waals surface area contributed by atoms with Crippen LogP contribution in [0, 0.1) is 0 Å². The molecular formula is C15H14ClN5O. The number of nitrogens with zero attached hydrogens (tertiary/aromatic N) is 3. The number of nitrogens with two attached hydrogens (primary N) is 2. The molecule has 0 atom stereocenters. The topological polar surface area (TPSA) is 99.8 Å². The third-order valence-electron chi connectivity index (χ3n) is 3.29. The Bertz CT molecular complexity index is 906. The molecule has 22 heavy (non-hydrogen) atoms. The Morgan fingerprint density at radius 2 is 2.09 bits per heavy atom. The fourth-order valence-electron chi connectivity index (χ4n) is 2.37. The third-order valence-corrected chi connectivity index (χ3v) is 3.60. The molecule has 0 amide bonds. The SMILES string of the molecule is NCCc1nc2cccc(Cl)c2c(=O)n1-c1cncc(N)c1. The highest BCUT2D eigenvalue weighted by atomic mass is 35.5. The number of hydrogen-bond donors (Lipinski definition) is 2. The van der Waals surface area contributed by atoms with Crippen LogP contribution in [0.5, 0.6) is 0 Å². The molecule has 3 aromatic rings. The minimum atomic E-state index is -0.258. The van der Waals surface area contributed by atoms with Crippen LogP contribution in [0.25, 0.3) is 16.6 Å². The average Bonchev–Trinajstić information content (AvgIpc) is 2.47. The molecule has 7 heteroatoms. The molecule has 1 aromatic carbocycles. The standard InChI is InChI=1S/C15H14ClN5O/c16-11-2-1-3-12-14(11)15(22)21(13(20-12)4-5-17)10-6-9(18)7-19-8-10/h1-3,6-8H,4-5,17-18H2. The number of anilines is 1. The van der Waals surface area contributed by atoms with Gasteiger partial charge in [0, 0.05) is 12.6 Å². The third kappa shape index (κ3) is 2.43. The maximum Gasteiger partial charge on any atom is 0.267 e. The summed E-state index contributed by atoms with van der Waals surface area (Å²) in [7, 11) is 0. The van der Waals surface area contributed by atoms with Crippen molar-refractivity contribution in [2.75, 3.05) is 12.3 Å². The van der Waals surface area contributed by atoms with Gasteiger partial charge in [0.2, 0.25) is 0 Å². The van der Waals surface area contributed by atoms with Gasteiger partial charge in [0.1, 0.15) is 5.82 Å². The van der Waals surface area contributed by atoms with E-state index in [2.05, 4.69) is 9.97 Å². The zero-order valence-electron chi connectivity index (χ0n) is 11.7. The molecule has 0 unspecified atom stereocenters. The second-order valence-electron chi connectivity index (χ2n) is 4.82. The molecule has 0 saturated heterocycles. The molecule has 112 valence electrons. The molecule has 2 heterocycles. The van der Waals surface area contributed by atoms with Gasteiger partial charge in [-0.2, -0.15) is 0 Å². The summed E-state index contributed by atoms with van der Waals surface area (Å²) in [6.45, 7) is 0.369. The Kier molecular flexibility index (Phi) is 3.79. The molecule has 0 radical (unpaired) electrons. The summed E-state index contributed by atoms with van der Waals surface area (Å²) in [5, 5.41) is 0.729. The largest absolute Gasteiger partial charge is 0.397 e. The number of benzene rings is 1. The summed E-state index contributed by atoms with van der Waals surface area (Å²) in [4.78, 5) is 21.4. The van der Waals surface area contributed by atoms with Crippen LogP contribution in [-0.2, 0) is 6.42 Å². The van der Waals surface area contributed by atoms with Gasteiger partial charge in [0.15, 0.2) is 0 Å². The van der Waals surface area contributed by atoms with Crippen LogP contribution in [0.1, 0.15) is 5.82 Å². The lowest BCUT2D eigenvalue weighted by atomic mass is 10.2. The van der Waals surface area contributed by atoms with Crippen molar-refractivity contribution < 1.29 is 0 Å². The number of halogens is 1. The fourth-order valence-corrected chi connectivity index (χ4v) is 2.62.